The Morgan fingerprint density at radius 2 is 1.95 bits per heavy atom. The van der Waals surface area contributed by atoms with Crippen molar-refractivity contribution < 1.29 is 4.79 Å². The average molecular weight is 376 g/mol. The number of fused-ring (bicyclic) bond motifs is 1. The predicted molar refractivity (Wildman–Crippen MR) is 90.1 cm³/mol. The van der Waals surface area contributed by atoms with Crippen molar-refractivity contribution in [2.45, 2.75) is 6.92 Å². The van der Waals surface area contributed by atoms with Crippen molar-refractivity contribution in [3.63, 3.8) is 0 Å². The number of rotatable bonds is 2. The molecule has 1 heterocycles. The molecule has 1 aromatic heterocycles. The van der Waals surface area contributed by atoms with Crippen LogP contribution < -0.4 is 5.32 Å². The van der Waals surface area contributed by atoms with Crippen LogP contribution in [0.15, 0.2) is 48.7 Å². The molecular formula is C16H13IN2O. The second kappa shape index (κ2) is 5.28. The number of aromatic nitrogens is 1. The fourth-order valence-corrected chi connectivity index (χ4v) is 2.81. The second-order valence-electron chi connectivity index (χ2n) is 4.64. The Morgan fingerprint density at radius 1 is 1.15 bits per heavy atom. The Morgan fingerprint density at radius 3 is 2.80 bits per heavy atom. The summed E-state index contributed by atoms with van der Waals surface area (Å²) in [6, 6.07) is 13.6. The summed E-state index contributed by atoms with van der Waals surface area (Å²) in [5.74, 6) is -0.0770. The van der Waals surface area contributed by atoms with E-state index in [2.05, 4.69) is 32.9 Å². The van der Waals surface area contributed by atoms with Crippen LogP contribution in [-0.4, -0.2) is 10.9 Å². The zero-order valence-corrected chi connectivity index (χ0v) is 13.1. The molecule has 4 heteroatoms. The maximum absolute atomic E-state index is 12.4. The third-order valence-electron chi connectivity index (χ3n) is 3.28. The summed E-state index contributed by atoms with van der Waals surface area (Å²) in [5.41, 5.74) is 3.66. The van der Waals surface area contributed by atoms with E-state index in [9.17, 15) is 4.79 Å². The summed E-state index contributed by atoms with van der Waals surface area (Å²) < 4.78 is 0.990. The fraction of sp³-hybridized carbons (Fsp3) is 0.0625. The van der Waals surface area contributed by atoms with Crippen molar-refractivity contribution in [1.29, 1.82) is 0 Å². The Bertz CT molecular complexity index is 792. The number of nitrogens with one attached hydrogen (secondary N) is 2. The first-order chi connectivity index (χ1) is 9.66. The lowest BCUT2D eigenvalue weighted by Crippen LogP contribution is -2.14. The monoisotopic (exact) mass is 376 g/mol. The highest BCUT2D eigenvalue weighted by atomic mass is 127. The van der Waals surface area contributed by atoms with E-state index in [1.807, 2.05) is 55.6 Å². The van der Waals surface area contributed by atoms with Gasteiger partial charge in [-0.1, -0.05) is 18.2 Å². The summed E-state index contributed by atoms with van der Waals surface area (Å²) in [6.45, 7) is 2.01. The van der Waals surface area contributed by atoms with Crippen molar-refractivity contribution >= 4 is 45.1 Å². The van der Waals surface area contributed by atoms with Crippen LogP contribution in [0.2, 0.25) is 0 Å². The van der Waals surface area contributed by atoms with Crippen LogP contribution in [0.25, 0.3) is 10.9 Å². The third kappa shape index (κ3) is 2.31. The minimum Gasteiger partial charge on any atom is -0.361 e. The van der Waals surface area contributed by atoms with Gasteiger partial charge in [-0.2, -0.15) is 0 Å². The van der Waals surface area contributed by atoms with E-state index in [4.69, 9.17) is 0 Å². The summed E-state index contributed by atoms with van der Waals surface area (Å²) in [4.78, 5) is 15.6. The molecule has 2 N–H and O–H groups in total. The Labute approximate surface area is 130 Å². The summed E-state index contributed by atoms with van der Waals surface area (Å²) in [5, 5.41) is 4.01. The molecule has 3 nitrogen and oxygen atoms in total. The average Bonchev–Trinajstić information content (AvgIpc) is 2.91. The lowest BCUT2D eigenvalue weighted by Gasteiger charge is -2.09. The van der Waals surface area contributed by atoms with Gasteiger partial charge in [-0.15, -0.1) is 0 Å². The number of hydrogen-bond donors (Lipinski definition) is 2. The molecule has 20 heavy (non-hydrogen) atoms. The summed E-state index contributed by atoms with van der Waals surface area (Å²) >= 11 is 2.21. The van der Waals surface area contributed by atoms with Gasteiger partial charge in [0.2, 0.25) is 0 Å². The molecule has 0 saturated heterocycles. The van der Waals surface area contributed by atoms with Crippen LogP contribution in [0.1, 0.15) is 15.9 Å². The maximum atomic E-state index is 12.4. The Kier molecular flexibility index (Phi) is 3.48. The van der Waals surface area contributed by atoms with E-state index in [0.717, 1.165) is 25.7 Å². The molecule has 3 aromatic rings. The first kappa shape index (κ1) is 13.2. The highest BCUT2D eigenvalue weighted by Gasteiger charge is 2.12. The number of benzene rings is 2. The van der Waals surface area contributed by atoms with Gasteiger partial charge < -0.3 is 10.3 Å². The van der Waals surface area contributed by atoms with Crippen LogP contribution in [0.4, 0.5) is 5.69 Å². The fourth-order valence-electron chi connectivity index (χ4n) is 2.21. The van der Waals surface area contributed by atoms with E-state index in [-0.39, 0.29) is 5.91 Å². The van der Waals surface area contributed by atoms with E-state index in [1.54, 1.807) is 0 Å². The number of anilines is 1. The number of H-pyrrole nitrogens is 1. The van der Waals surface area contributed by atoms with Crippen molar-refractivity contribution in [3.05, 3.63) is 63.4 Å². The summed E-state index contributed by atoms with van der Waals surface area (Å²) in [7, 11) is 0. The number of carbonyl (C=O) groups is 1. The van der Waals surface area contributed by atoms with Crippen molar-refractivity contribution in [2.75, 3.05) is 5.32 Å². The van der Waals surface area contributed by atoms with Gasteiger partial charge in [-0.3, -0.25) is 4.79 Å². The molecule has 0 saturated carbocycles. The smallest absolute Gasteiger partial charge is 0.256 e. The molecule has 0 aliphatic rings. The van der Waals surface area contributed by atoms with Crippen LogP contribution >= 0.6 is 22.6 Å². The minimum absolute atomic E-state index is 0.0770. The molecular weight excluding hydrogens is 363 g/mol. The second-order valence-corrected chi connectivity index (χ2v) is 5.71. The van der Waals surface area contributed by atoms with Gasteiger partial charge >= 0.3 is 0 Å². The number of amides is 1. The maximum Gasteiger partial charge on any atom is 0.256 e. The highest BCUT2D eigenvalue weighted by Crippen LogP contribution is 2.24. The van der Waals surface area contributed by atoms with Gasteiger partial charge in [0, 0.05) is 20.7 Å². The molecule has 2 aromatic carbocycles. The standard InChI is InChI=1S/C16H13IN2O/c1-10-4-2-5-12(15(10)17)16(20)19-14-7-3-6-13-11(14)8-9-18-13/h2-9,18H,1H3,(H,19,20). The number of aryl methyl sites for hydroxylation is 1. The van der Waals surface area contributed by atoms with Crippen molar-refractivity contribution in [1.82, 2.24) is 4.98 Å². The minimum atomic E-state index is -0.0770. The van der Waals surface area contributed by atoms with Gasteiger partial charge in [-0.25, -0.2) is 0 Å². The first-order valence-electron chi connectivity index (χ1n) is 6.29. The largest absolute Gasteiger partial charge is 0.361 e. The molecule has 0 fully saturated rings. The molecule has 100 valence electrons. The van der Waals surface area contributed by atoms with Crippen LogP contribution in [0.5, 0.6) is 0 Å². The van der Waals surface area contributed by atoms with Gasteiger partial charge in [-0.05, 0) is 59.3 Å². The van der Waals surface area contributed by atoms with Crippen LogP contribution in [0, 0.1) is 10.5 Å². The molecule has 0 bridgehead atoms. The van der Waals surface area contributed by atoms with Crippen LogP contribution in [-0.2, 0) is 0 Å². The zero-order valence-electron chi connectivity index (χ0n) is 10.9. The van der Waals surface area contributed by atoms with Gasteiger partial charge in [0.05, 0.1) is 11.3 Å². The highest BCUT2D eigenvalue weighted by molar-refractivity contribution is 14.1. The Hall–Kier alpha value is -1.82. The van der Waals surface area contributed by atoms with Crippen molar-refractivity contribution in [3.8, 4) is 0 Å². The van der Waals surface area contributed by atoms with Gasteiger partial charge in [0.15, 0.2) is 0 Å². The molecule has 0 unspecified atom stereocenters. The number of halogens is 1. The van der Waals surface area contributed by atoms with Crippen molar-refractivity contribution in [2.24, 2.45) is 0 Å². The lowest BCUT2D eigenvalue weighted by atomic mass is 10.1. The molecule has 1 amide bonds. The van der Waals surface area contributed by atoms with E-state index < -0.39 is 0 Å². The molecule has 0 radical (unpaired) electrons. The predicted octanol–water partition coefficient (Wildman–Crippen LogP) is 4.33. The number of carbonyl (C=O) groups excluding carboxylic acids is 1. The zero-order chi connectivity index (χ0) is 14.1. The quantitative estimate of drug-likeness (QED) is 0.643. The topological polar surface area (TPSA) is 44.9 Å². The number of aromatic amines is 1. The first-order valence-corrected chi connectivity index (χ1v) is 7.37. The molecule has 0 aliphatic carbocycles. The third-order valence-corrected chi connectivity index (χ3v) is 4.71. The normalized spacial score (nSPS) is 10.7. The Balaban J connectivity index is 1.97. The van der Waals surface area contributed by atoms with Crippen LogP contribution in [0.3, 0.4) is 0 Å². The van der Waals surface area contributed by atoms with E-state index >= 15 is 0 Å². The van der Waals surface area contributed by atoms with E-state index in [0.29, 0.717) is 5.56 Å². The van der Waals surface area contributed by atoms with Gasteiger partial charge in [0.1, 0.15) is 0 Å². The molecule has 0 atom stereocenters. The number of hydrogen-bond acceptors (Lipinski definition) is 1. The SMILES string of the molecule is Cc1cccc(C(=O)Nc2cccc3[nH]ccc23)c1I. The summed E-state index contributed by atoms with van der Waals surface area (Å²) in [6.07, 6.45) is 1.87. The lowest BCUT2D eigenvalue weighted by molar-refractivity contribution is 0.102. The van der Waals surface area contributed by atoms with E-state index in [1.165, 1.54) is 0 Å². The molecule has 0 aliphatic heterocycles. The molecule has 0 spiro atoms. The van der Waals surface area contributed by atoms with Gasteiger partial charge in [0.25, 0.3) is 5.91 Å². The molecule has 3 rings (SSSR count).